The van der Waals surface area contributed by atoms with Crippen molar-refractivity contribution < 1.29 is 14.7 Å². The molecule has 0 unspecified atom stereocenters. The highest BCUT2D eigenvalue weighted by Crippen LogP contribution is 2.25. The summed E-state index contributed by atoms with van der Waals surface area (Å²) in [6.07, 6.45) is 3.02. The molecule has 31 heavy (non-hydrogen) atoms. The lowest BCUT2D eigenvalue weighted by Crippen LogP contribution is -2.45. The number of rotatable bonds is 6. The molecule has 2 aromatic carbocycles. The average Bonchev–Trinajstić information content (AvgIpc) is 3.15. The fourth-order valence-corrected chi connectivity index (χ4v) is 3.82. The minimum atomic E-state index is -0.867. The van der Waals surface area contributed by atoms with Crippen LogP contribution in [0.15, 0.2) is 59.4 Å². The first kappa shape index (κ1) is 20.4. The zero-order chi connectivity index (χ0) is 21.8. The number of benzene rings is 2. The molecule has 1 fully saturated rings. The van der Waals surface area contributed by atoms with Crippen molar-refractivity contribution >= 4 is 23.5 Å². The zero-order valence-corrected chi connectivity index (χ0v) is 16.7. The van der Waals surface area contributed by atoms with Gasteiger partial charge in [0.1, 0.15) is 0 Å². The van der Waals surface area contributed by atoms with Crippen molar-refractivity contribution in [3.05, 3.63) is 70.6 Å². The lowest BCUT2D eigenvalue weighted by Gasteiger charge is -2.29. The molecule has 0 radical (unpaired) electrons. The van der Waals surface area contributed by atoms with Gasteiger partial charge in [-0.3, -0.25) is 14.6 Å². The van der Waals surface area contributed by atoms with E-state index in [4.69, 9.17) is 0 Å². The second-order valence-electron chi connectivity index (χ2n) is 7.54. The second-order valence-corrected chi connectivity index (χ2v) is 7.54. The van der Waals surface area contributed by atoms with Gasteiger partial charge in [0.2, 0.25) is 5.95 Å². The first-order valence-electron chi connectivity index (χ1n) is 10.2. The predicted molar refractivity (Wildman–Crippen MR) is 115 cm³/mol. The van der Waals surface area contributed by atoms with E-state index in [-0.39, 0.29) is 23.6 Å². The molecule has 3 aromatic rings. The molecule has 9 heteroatoms. The van der Waals surface area contributed by atoms with E-state index in [0.29, 0.717) is 29.8 Å². The van der Waals surface area contributed by atoms with E-state index < -0.39 is 11.9 Å². The van der Waals surface area contributed by atoms with Crippen LogP contribution in [-0.4, -0.2) is 37.8 Å². The lowest BCUT2D eigenvalue weighted by molar-refractivity contribution is -0.143. The monoisotopic (exact) mass is 421 g/mol. The molecule has 1 amide bonds. The molecular formula is C22H23N5O4. The van der Waals surface area contributed by atoms with Crippen LogP contribution in [0.25, 0.3) is 5.69 Å². The van der Waals surface area contributed by atoms with Gasteiger partial charge in [0.15, 0.2) is 0 Å². The number of carboxylic acid groups (broad SMARTS) is 1. The van der Waals surface area contributed by atoms with Crippen molar-refractivity contribution in [2.75, 3.05) is 5.32 Å². The molecule has 1 aliphatic rings. The molecule has 4 N–H and O–H groups in total. The van der Waals surface area contributed by atoms with Gasteiger partial charge in [0, 0.05) is 17.3 Å². The maximum atomic E-state index is 12.6. The van der Waals surface area contributed by atoms with Crippen LogP contribution in [0.5, 0.6) is 0 Å². The maximum absolute atomic E-state index is 12.6. The molecule has 1 saturated carbocycles. The molecule has 1 aliphatic carbocycles. The van der Waals surface area contributed by atoms with E-state index in [1.54, 1.807) is 36.4 Å². The number of carboxylic acids is 1. The molecule has 1 aromatic heterocycles. The Labute approximate surface area is 178 Å². The van der Waals surface area contributed by atoms with Crippen LogP contribution in [0.3, 0.4) is 0 Å². The van der Waals surface area contributed by atoms with Gasteiger partial charge in [0.05, 0.1) is 11.6 Å². The molecule has 0 saturated heterocycles. The number of aliphatic carboxylic acids is 1. The number of carbonyl (C=O) groups excluding carboxylic acids is 1. The van der Waals surface area contributed by atoms with E-state index in [1.807, 2.05) is 18.2 Å². The van der Waals surface area contributed by atoms with E-state index in [9.17, 15) is 19.5 Å². The van der Waals surface area contributed by atoms with Crippen LogP contribution < -0.4 is 16.3 Å². The van der Waals surface area contributed by atoms with Crippen molar-refractivity contribution in [1.82, 2.24) is 20.1 Å². The standard InChI is InChI=1S/C22H23N5O4/c28-19(24-18-9-5-4-8-17(18)20(29)30)14-10-12-15(13-11-14)23-21-25-22(31)27(26-21)16-6-2-1-3-7-16/h1-3,6-7,10-13,17-18H,4-5,8-9H2,(H,24,28)(H,29,30)(H2,23,25,26,31)/t17-,18-/m1/s1. The smallest absolute Gasteiger partial charge is 0.349 e. The second kappa shape index (κ2) is 8.86. The zero-order valence-electron chi connectivity index (χ0n) is 16.7. The van der Waals surface area contributed by atoms with Gasteiger partial charge in [-0.25, -0.2) is 4.79 Å². The van der Waals surface area contributed by atoms with Crippen molar-refractivity contribution in [2.24, 2.45) is 5.92 Å². The molecule has 0 bridgehead atoms. The van der Waals surface area contributed by atoms with Gasteiger partial charge in [-0.2, -0.15) is 4.68 Å². The minimum Gasteiger partial charge on any atom is -0.481 e. The minimum absolute atomic E-state index is 0.276. The van der Waals surface area contributed by atoms with E-state index in [0.717, 1.165) is 12.8 Å². The third kappa shape index (κ3) is 4.66. The highest BCUT2D eigenvalue weighted by atomic mass is 16.4. The normalized spacial score (nSPS) is 18.3. The summed E-state index contributed by atoms with van der Waals surface area (Å²) in [5.74, 6) is -1.44. The molecule has 2 atom stereocenters. The van der Waals surface area contributed by atoms with Crippen LogP contribution in [0.4, 0.5) is 11.6 Å². The number of H-pyrrole nitrogens is 1. The molecule has 0 spiro atoms. The Kier molecular flexibility index (Phi) is 5.83. The van der Waals surface area contributed by atoms with Gasteiger partial charge in [-0.1, -0.05) is 31.0 Å². The number of amides is 1. The number of nitrogens with zero attached hydrogens (tertiary/aromatic N) is 2. The van der Waals surface area contributed by atoms with Gasteiger partial charge in [0.25, 0.3) is 5.91 Å². The third-order valence-electron chi connectivity index (χ3n) is 5.43. The Bertz CT molecular complexity index is 1120. The molecule has 9 nitrogen and oxygen atoms in total. The number of nitrogens with one attached hydrogen (secondary N) is 3. The van der Waals surface area contributed by atoms with Gasteiger partial charge in [-0.15, -0.1) is 5.10 Å². The van der Waals surface area contributed by atoms with Crippen LogP contribution in [0.1, 0.15) is 36.0 Å². The summed E-state index contributed by atoms with van der Waals surface area (Å²) >= 11 is 0. The Morgan fingerprint density at radius 2 is 1.74 bits per heavy atom. The summed E-state index contributed by atoms with van der Waals surface area (Å²) in [6.45, 7) is 0. The third-order valence-corrected chi connectivity index (χ3v) is 5.43. The molecule has 4 rings (SSSR count). The summed E-state index contributed by atoms with van der Waals surface area (Å²) < 4.78 is 1.26. The van der Waals surface area contributed by atoms with Crippen LogP contribution in [-0.2, 0) is 4.79 Å². The van der Waals surface area contributed by atoms with Crippen LogP contribution in [0, 0.1) is 5.92 Å². The first-order valence-corrected chi connectivity index (χ1v) is 10.2. The van der Waals surface area contributed by atoms with Crippen molar-refractivity contribution in [3.8, 4) is 5.69 Å². The summed E-state index contributed by atoms with van der Waals surface area (Å²) in [5.41, 5.74) is 1.35. The Morgan fingerprint density at radius 1 is 1.03 bits per heavy atom. The summed E-state index contributed by atoms with van der Waals surface area (Å²) in [7, 11) is 0. The number of anilines is 2. The van der Waals surface area contributed by atoms with E-state index in [1.165, 1.54) is 4.68 Å². The quantitative estimate of drug-likeness (QED) is 0.484. The average molecular weight is 421 g/mol. The predicted octanol–water partition coefficient (Wildman–Crippen LogP) is 2.68. The van der Waals surface area contributed by atoms with E-state index in [2.05, 4.69) is 20.7 Å². The van der Waals surface area contributed by atoms with Gasteiger partial charge >= 0.3 is 11.7 Å². The summed E-state index contributed by atoms with van der Waals surface area (Å²) in [6, 6.07) is 15.4. The Hall–Kier alpha value is -3.88. The van der Waals surface area contributed by atoms with Crippen molar-refractivity contribution in [2.45, 2.75) is 31.7 Å². The van der Waals surface area contributed by atoms with Crippen molar-refractivity contribution in [1.29, 1.82) is 0 Å². The number of aromatic amines is 1. The van der Waals surface area contributed by atoms with E-state index >= 15 is 0 Å². The molecular weight excluding hydrogens is 398 g/mol. The maximum Gasteiger partial charge on any atom is 0.349 e. The Morgan fingerprint density at radius 3 is 2.45 bits per heavy atom. The summed E-state index contributed by atoms with van der Waals surface area (Å²) in [5, 5.41) is 19.5. The lowest BCUT2D eigenvalue weighted by atomic mass is 9.84. The first-order chi connectivity index (χ1) is 15.0. The summed E-state index contributed by atoms with van der Waals surface area (Å²) in [4.78, 5) is 38.8. The number of hydrogen-bond acceptors (Lipinski definition) is 5. The SMILES string of the molecule is O=C(N[C@@H]1CCCC[C@H]1C(=O)O)c1ccc(Nc2nn(-c3ccccc3)c(=O)[nH]2)cc1. The fourth-order valence-electron chi connectivity index (χ4n) is 3.82. The van der Waals surface area contributed by atoms with Gasteiger partial charge in [-0.05, 0) is 49.2 Å². The Balaban J connectivity index is 1.42. The molecule has 0 aliphatic heterocycles. The number of aromatic nitrogens is 3. The number of para-hydroxylation sites is 1. The fraction of sp³-hybridized carbons (Fsp3) is 0.273. The van der Waals surface area contributed by atoms with Crippen LogP contribution >= 0.6 is 0 Å². The topological polar surface area (TPSA) is 129 Å². The molecule has 1 heterocycles. The number of carbonyl (C=O) groups is 2. The van der Waals surface area contributed by atoms with Gasteiger partial charge < -0.3 is 15.7 Å². The molecule has 160 valence electrons. The van der Waals surface area contributed by atoms with Crippen molar-refractivity contribution in [3.63, 3.8) is 0 Å². The number of hydrogen-bond donors (Lipinski definition) is 4. The highest BCUT2D eigenvalue weighted by Gasteiger charge is 2.31. The largest absolute Gasteiger partial charge is 0.481 e. The van der Waals surface area contributed by atoms with Crippen LogP contribution in [0.2, 0.25) is 0 Å². The highest BCUT2D eigenvalue weighted by molar-refractivity contribution is 5.95.